The topological polar surface area (TPSA) is 17.1 Å². The second-order valence-electron chi connectivity index (χ2n) is 5.95. The summed E-state index contributed by atoms with van der Waals surface area (Å²) in [7, 11) is 0. The number of hydrogen-bond acceptors (Lipinski definition) is 1. The van der Waals surface area contributed by atoms with Gasteiger partial charge < -0.3 is 0 Å². The molecule has 0 rings (SSSR count). The summed E-state index contributed by atoms with van der Waals surface area (Å²) < 4.78 is 0. The molecule has 0 heterocycles. The summed E-state index contributed by atoms with van der Waals surface area (Å²) in [6.07, 6.45) is 0. The Morgan fingerprint density at radius 2 is 1.50 bits per heavy atom. The Morgan fingerprint density at radius 3 is 1.79 bits per heavy atom. The average molecular weight is 194 g/mol. The molecule has 0 unspecified atom stereocenters. The van der Waals surface area contributed by atoms with E-state index in [1.807, 2.05) is 27.7 Å². The maximum atomic E-state index is 11.7. The van der Waals surface area contributed by atoms with Crippen LogP contribution in [0.2, 0.25) is 0 Å². The van der Waals surface area contributed by atoms with Gasteiger partial charge in [0.05, 0.1) is 0 Å². The summed E-state index contributed by atoms with van der Waals surface area (Å²) in [6.45, 7) is 14.2. The highest BCUT2D eigenvalue weighted by Crippen LogP contribution is 2.25. The lowest BCUT2D eigenvalue weighted by molar-refractivity contribution is -0.119. The van der Waals surface area contributed by atoms with E-state index in [9.17, 15) is 4.79 Å². The molecule has 0 fully saturated rings. The highest BCUT2D eigenvalue weighted by molar-refractivity contribution is 5.97. The molecule has 14 heavy (non-hydrogen) atoms. The molecule has 0 saturated heterocycles. The molecule has 0 aromatic rings. The molecule has 0 N–H and O–H groups in total. The van der Waals surface area contributed by atoms with E-state index in [4.69, 9.17) is 0 Å². The van der Waals surface area contributed by atoms with Crippen LogP contribution in [-0.4, -0.2) is 5.78 Å². The van der Waals surface area contributed by atoms with E-state index < -0.39 is 0 Å². The third-order valence-electron chi connectivity index (χ3n) is 2.25. The Balaban J connectivity index is 4.58. The molecular weight excluding hydrogens is 172 g/mol. The van der Waals surface area contributed by atoms with E-state index in [0.29, 0.717) is 0 Å². The van der Waals surface area contributed by atoms with Gasteiger partial charge in [-0.15, -0.1) is 0 Å². The van der Waals surface area contributed by atoms with E-state index in [1.165, 1.54) is 0 Å². The van der Waals surface area contributed by atoms with Crippen molar-refractivity contribution in [2.75, 3.05) is 0 Å². The third-order valence-corrected chi connectivity index (χ3v) is 2.25. The maximum absolute atomic E-state index is 11.7. The van der Waals surface area contributed by atoms with Crippen LogP contribution in [0.15, 0.2) is 0 Å². The average Bonchev–Trinajstić information content (AvgIpc) is 1.95. The van der Waals surface area contributed by atoms with Gasteiger partial charge >= 0.3 is 0 Å². The zero-order valence-corrected chi connectivity index (χ0v) is 10.5. The SMILES string of the molecule is C[C@H](C(=O)C#CC(C)(C)C)C(C)(C)C. The third kappa shape index (κ3) is 5.07. The van der Waals surface area contributed by atoms with Gasteiger partial charge in [-0.1, -0.05) is 33.6 Å². The second-order valence-corrected chi connectivity index (χ2v) is 5.95. The van der Waals surface area contributed by atoms with Gasteiger partial charge in [0.25, 0.3) is 0 Å². The number of rotatable bonds is 1. The van der Waals surface area contributed by atoms with Crippen molar-refractivity contribution < 1.29 is 4.79 Å². The molecule has 1 nitrogen and oxygen atoms in total. The van der Waals surface area contributed by atoms with Crippen molar-refractivity contribution >= 4 is 5.78 Å². The lowest BCUT2D eigenvalue weighted by atomic mass is 9.79. The first-order chi connectivity index (χ1) is 6.04. The monoisotopic (exact) mass is 194 g/mol. The van der Waals surface area contributed by atoms with Crippen molar-refractivity contribution in [3.05, 3.63) is 0 Å². The van der Waals surface area contributed by atoms with Crippen molar-refractivity contribution in [2.45, 2.75) is 48.5 Å². The summed E-state index contributed by atoms with van der Waals surface area (Å²) in [6, 6.07) is 0. The molecule has 0 radical (unpaired) electrons. The van der Waals surface area contributed by atoms with Crippen LogP contribution in [-0.2, 0) is 4.79 Å². The quantitative estimate of drug-likeness (QED) is 0.462. The normalized spacial score (nSPS) is 14.2. The minimum atomic E-state index is -0.0900. The minimum Gasteiger partial charge on any atom is -0.285 e. The first kappa shape index (κ1) is 13.2. The molecule has 0 aliphatic heterocycles. The molecule has 0 saturated carbocycles. The van der Waals surface area contributed by atoms with E-state index in [1.54, 1.807) is 0 Å². The summed E-state index contributed by atoms with van der Waals surface area (Å²) in [5, 5.41) is 0. The second kappa shape index (κ2) is 4.17. The number of ketones is 1. The maximum Gasteiger partial charge on any atom is 0.208 e. The van der Waals surface area contributed by atoms with Crippen LogP contribution in [0.3, 0.4) is 0 Å². The number of carbonyl (C=O) groups excluding carboxylic acids is 1. The van der Waals surface area contributed by atoms with E-state index in [0.717, 1.165) is 0 Å². The van der Waals surface area contributed by atoms with E-state index in [2.05, 4.69) is 32.6 Å². The van der Waals surface area contributed by atoms with E-state index >= 15 is 0 Å². The summed E-state index contributed by atoms with van der Waals surface area (Å²) in [5.74, 6) is 5.76. The largest absolute Gasteiger partial charge is 0.285 e. The lowest BCUT2D eigenvalue weighted by Crippen LogP contribution is -2.24. The molecule has 0 aromatic carbocycles. The highest BCUT2D eigenvalue weighted by Gasteiger charge is 2.25. The fraction of sp³-hybridized carbons (Fsp3) is 0.769. The Bertz CT molecular complexity index is 262. The van der Waals surface area contributed by atoms with Crippen LogP contribution in [0.4, 0.5) is 0 Å². The van der Waals surface area contributed by atoms with Gasteiger partial charge in [-0.25, -0.2) is 0 Å². The highest BCUT2D eigenvalue weighted by atomic mass is 16.1. The predicted molar refractivity (Wildman–Crippen MR) is 60.9 cm³/mol. The zero-order chi connectivity index (χ0) is 11.6. The number of Topliss-reactive ketones (excluding diaryl/α,β-unsaturated/α-hetero) is 1. The van der Waals surface area contributed by atoms with Crippen LogP contribution >= 0.6 is 0 Å². The van der Waals surface area contributed by atoms with Gasteiger partial charge in [0, 0.05) is 11.3 Å². The van der Waals surface area contributed by atoms with Crippen molar-refractivity contribution in [3.8, 4) is 11.8 Å². The minimum absolute atomic E-state index is 0.00245. The Kier molecular flexibility index (Phi) is 3.94. The van der Waals surface area contributed by atoms with Crippen molar-refractivity contribution in [3.63, 3.8) is 0 Å². The van der Waals surface area contributed by atoms with Crippen LogP contribution in [0.1, 0.15) is 48.5 Å². The Morgan fingerprint density at radius 1 is 1.07 bits per heavy atom. The van der Waals surface area contributed by atoms with Gasteiger partial charge in [0.1, 0.15) is 0 Å². The summed E-state index contributed by atoms with van der Waals surface area (Å²) in [5.41, 5.74) is -0.0864. The van der Waals surface area contributed by atoms with Crippen LogP contribution < -0.4 is 0 Å². The van der Waals surface area contributed by atoms with Gasteiger partial charge in [0.2, 0.25) is 5.78 Å². The van der Waals surface area contributed by atoms with Crippen LogP contribution in [0.5, 0.6) is 0 Å². The Hall–Kier alpha value is -0.770. The number of hydrogen-bond donors (Lipinski definition) is 0. The van der Waals surface area contributed by atoms with Crippen molar-refractivity contribution in [2.24, 2.45) is 16.7 Å². The van der Waals surface area contributed by atoms with Crippen molar-refractivity contribution in [1.29, 1.82) is 0 Å². The summed E-state index contributed by atoms with van der Waals surface area (Å²) >= 11 is 0. The van der Waals surface area contributed by atoms with Gasteiger partial charge in [0.15, 0.2) is 0 Å². The molecule has 0 amide bonds. The lowest BCUT2D eigenvalue weighted by Gasteiger charge is -2.23. The standard InChI is InChI=1S/C13H22O/c1-10(13(5,6)7)11(14)8-9-12(2,3)4/h10H,1-7H3/t10-/m1/s1. The smallest absolute Gasteiger partial charge is 0.208 e. The first-order valence-corrected chi connectivity index (χ1v) is 5.11. The molecule has 1 heteroatoms. The fourth-order valence-corrected chi connectivity index (χ4v) is 0.751. The molecular formula is C13H22O. The first-order valence-electron chi connectivity index (χ1n) is 5.11. The molecule has 0 bridgehead atoms. The zero-order valence-electron chi connectivity index (χ0n) is 10.5. The van der Waals surface area contributed by atoms with Gasteiger partial charge in [-0.05, 0) is 32.1 Å². The molecule has 0 aliphatic carbocycles. The molecule has 0 aromatic heterocycles. The molecule has 0 spiro atoms. The van der Waals surface area contributed by atoms with E-state index in [-0.39, 0.29) is 22.5 Å². The number of carbonyl (C=O) groups is 1. The molecule has 1 atom stereocenters. The summed E-state index contributed by atoms with van der Waals surface area (Å²) in [4.78, 5) is 11.7. The Labute approximate surface area is 88.3 Å². The van der Waals surface area contributed by atoms with Crippen LogP contribution in [0, 0.1) is 28.6 Å². The van der Waals surface area contributed by atoms with Crippen LogP contribution in [0.25, 0.3) is 0 Å². The molecule has 0 aliphatic rings. The predicted octanol–water partition coefficient (Wildman–Crippen LogP) is 3.29. The van der Waals surface area contributed by atoms with Crippen molar-refractivity contribution in [1.82, 2.24) is 0 Å². The molecule has 80 valence electrons. The van der Waals surface area contributed by atoms with Gasteiger partial charge in [-0.3, -0.25) is 4.79 Å². The fourth-order valence-electron chi connectivity index (χ4n) is 0.751. The van der Waals surface area contributed by atoms with Gasteiger partial charge in [-0.2, -0.15) is 0 Å².